The number of benzene rings is 3. The second-order valence-corrected chi connectivity index (χ2v) is 9.80. The third-order valence-corrected chi connectivity index (χ3v) is 6.88. The van der Waals surface area contributed by atoms with Crippen LogP contribution in [0.15, 0.2) is 66.1 Å². The lowest BCUT2D eigenvalue weighted by Crippen LogP contribution is -2.21. The van der Waals surface area contributed by atoms with Gasteiger partial charge in [-0.3, -0.25) is 0 Å². The predicted octanol–water partition coefficient (Wildman–Crippen LogP) is 7.40. The number of nitriles is 1. The van der Waals surface area contributed by atoms with Crippen molar-refractivity contribution in [1.82, 2.24) is 0 Å². The number of fused-ring (bicyclic) bond motifs is 1. The zero-order chi connectivity index (χ0) is 27.9. The monoisotopic (exact) mass is 566 g/mol. The molecule has 7 nitrogen and oxygen atoms in total. The van der Waals surface area contributed by atoms with Crippen LogP contribution in [-0.2, 0) is 0 Å². The number of hydrogen-bond donors (Lipinski definition) is 1. The Hall–Kier alpha value is -3.86. The lowest BCUT2D eigenvalue weighted by atomic mass is 9.83. The molecule has 1 aliphatic heterocycles. The number of hydrogen-bond acceptors (Lipinski definition) is 7. The second-order valence-electron chi connectivity index (χ2n) is 8.96. The van der Waals surface area contributed by atoms with Gasteiger partial charge in [0, 0.05) is 16.7 Å². The summed E-state index contributed by atoms with van der Waals surface area (Å²) in [6.45, 7) is 2.76. The van der Waals surface area contributed by atoms with Gasteiger partial charge in [0.15, 0.2) is 11.5 Å². The molecule has 9 heteroatoms. The first kappa shape index (κ1) is 28.2. The largest absolute Gasteiger partial charge is 0.493 e. The van der Waals surface area contributed by atoms with Crippen molar-refractivity contribution >= 4 is 29.2 Å². The second kappa shape index (κ2) is 12.8. The standard InChI is InChI=1S/C30H28Cl2N2O5/c1-3-4-5-6-13-37-25-12-7-18(14-27(25)36-2)28-22-11-9-20(16-26(22)39-29(34)23(28)17-33)38-30(35)21-10-8-19(31)15-24(21)32/h7-12,14-16,28H,3-6,13,34H2,1-2H3. The molecule has 4 rings (SSSR count). The van der Waals surface area contributed by atoms with Crippen LogP contribution in [0.4, 0.5) is 0 Å². The van der Waals surface area contributed by atoms with Gasteiger partial charge in [0.1, 0.15) is 23.1 Å². The van der Waals surface area contributed by atoms with E-state index in [1.165, 1.54) is 18.6 Å². The van der Waals surface area contributed by atoms with E-state index in [-0.39, 0.29) is 27.8 Å². The van der Waals surface area contributed by atoms with Crippen molar-refractivity contribution < 1.29 is 23.7 Å². The maximum absolute atomic E-state index is 12.7. The summed E-state index contributed by atoms with van der Waals surface area (Å²) in [6, 6.07) is 17.1. The number of halogens is 2. The topological polar surface area (TPSA) is 104 Å². The first-order valence-electron chi connectivity index (χ1n) is 12.6. The number of nitrogens with two attached hydrogens (primary N) is 1. The van der Waals surface area contributed by atoms with E-state index in [1.54, 1.807) is 31.4 Å². The van der Waals surface area contributed by atoms with Crippen LogP contribution in [0.25, 0.3) is 0 Å². The van der Waals surface area contributed by atoms with E-state index in [4.69, 9.17) is 47.9 Å². The smallest absolute Gasteiger partial charge is 0.345 e. The Morgan fingerprint density at radius 2 is 1.87 bits per heavy atom. The summed E-state index contributed by atoms with van der Waals surface area (Å²) in [7, 11) is 1.57. The van der Waals surface area contributed by atoms with Crippen molar-refractivity contribution in [2.24, 2.45) is 5.73 Å². The average Bonchev–Trinajstić information content (AvgIpc) is 2.92. The van der Waals surface area contributed by atoms with E-state index >= 15 is 0 Å². The minimum absolute atomic E-state index is 0.0329. The molecule has 0 aliphatic carbocycles. The average molecular weight is 567 g/mol. The Bertz CT molecular complexity index is 1450. The molecule has 0 spiro atoms. The van der Waals surface area contributed by atoms with Crippen LogP contribution >= 0.6 is 23.2 Å². The van der Waals surface area contributed by atoms with E-state index in [0.717, 1.165) is 24.8 Å². The highest BCUT2D eigenvalue weighted by atomic mass is 35.5. The number of unbranched alkanes of at least 4 members (excludes halogenated alkanes) is 3. The fourth-order valence-electron chi connectivity index (χ4n) is 4.35. The van der Waals surface area contributed by atoms with Crippen molar-refractivity contribution in [2.45, 2.75) is 38.5 Å². The third kappa shape index (κ3) is 6.42. The number of esters is 1. The first-order valence-corrected chi connectivity index (χ1v) is 13.3. The first-order chi connectivity index (χ1) is 18.9. The maximum Gasteiger partial charge on any atom is 0.345 e. The summed E-state index contributed by atoms with van der Waals surface area (Å²) >= 11 is 12.1. The minimum atomic E-state index is -0.653. The van der Waals surface area contributed by atoms with Gasteiger partial charge in [0.05, 0.1) is 30.2 Å². The summed E-state index contributed by atoms with van der Waals surface area (Å²) in [6.07, 6.45) is 4.39. The lowest BCUT2D eigenvalue weighted by Gasteiger charge is -2.27. The predicted molar refractivity (Wildman–Crippen MR) is 150 cm³/mol. The Balaban J connectivity index is 1.61. The Morgan fingerprint density at radius 1 is 1.05 bits per heavy atom. The number of allylic oxidation sites excluding steroid dienone is 1. The molecule has 3 aromatic carbocycles. The fraction of sp³-hybridized carbons (Fsp3) is 0.267. The molecule has 1 atom stereocenters. The Labute approximate surface area is 237 Å². The highest BCUT2D eigenvalue weighted by Crippen LogP contribution is 2.45. The van der Waals surface area contributed by atoms with E-state index in [2.05, 4.69) is 13.0 Å². The molecule has 0 fully saturated rings. The van der Waals surface area contributed by atoms with E-state index in [9.17, 15) is 10.1 Å². The van der Waals surface area contributed by atoms with Gasteiger partial charge in [0.2, 0.25) is 5.88 Å². The molecular formula is C30H28Cl2N2O5. The van der Waals surface area contributed by atoms with Crippen molar-refractivity contribution in [3.8, 4) is 29.1 Å². The Kier molecular flexibility index (Phi) is 9.23. The van der Waals surface area contributed by atoms with Gasteiger partial charge in [-0.25, -0.2) is 4.79 Å². The maximum atomic E-state index is 12.7. The van der Waals surface area contributed by atoms with Gasteiger partial charge >= 0.3 is 5.97 Å². The fourth-order valence-corrected chi connectivity index (χ4v) is 4.84. The van der Waals surface area contributed by atoms with Gasteiger partial charge in [0.25, 0.3) is 0 Å². The lowest BCUT2D eigenvalue weighted by molar-refractivity contribution is 0.0734. The molecule has 1 aliphatic rings. The molecule has 1 unspecified atom stereocenters. The van der Waals surface area contributed by atoms with Crippen LogP contribution in [-0.4, -0.2) is 19.7 Å². The molecule has 0 aromatic heterocycles. The van der Waals surface area contributed by atoms with E-state index in [0.29, 0.717) is 34.4 Å². The summed E-state index contributed by atoms with van der Waals surface area (Å²) in [5.74, 6) is 0.553. The molecule has 0 bridgehead atoms. The summed E-state index contributed by atoms with van der Waals surface area (Å²) in [4.78, 5) is 12.7. The van der Waals surface area contributed by atoms with Gasteiger partial charge in [-0.15, -0.1) is 0 Å². The number of rotatable bonds is 10. The molecule has 3 aromatic rings. The van der Waals surface area contributed by atoms with Crippen LogP contribution in [0.5, 0.6) is 23.0 Å². The SMILES string of the molecule is CCCCCCOc1ccc(C2C(C#N)=C(N)Oc3cc(OC(=O)c4ccc(Cl)cc4Cl)ccc32)cc1OC. The minimum Gasteiger partial charge on any atom is -0.493 e. The highest BCUT2D eigenvalue weighted by Gasteiger charge is 2.32. The third-order valence-electron chi connectivity index (χ3n) is 6.33. The van der Waals surface area contributed by atoms with Gasteiger partial charge < -0.3 is 24.7 Å². The summed E-state index contributed by atoms with van der Waals surface area (Å²) < 4.78 is 22.8. The molecule has 0 amide bonds. The molecule has 39 heavy (non-hydrogen) atoms. The summed E-state index contributed by atoms with van der Waals surface area (Å²) in [5, 5.41) is 10.5. The quantitative estimate of drug-likeness (QED) is 0.155. The molecular weight excluding hydrogens is 539 g/mol. The van der Waals surface area contributed by atoms with Gasteiger partial charge in [-0.05, 0) is 48.4 Å². The number of carbonyl (C=O) groups excluding carboxylic acids is 1. The Morgan fingerprint density at radius 3 is 2.59 bits per heavy atom. The molecule has 0 saturated heterocycles. The van der Waals surface area contributed by atoms with Gasteiger partial charge in [-0.2, -0.15) is 5.26 Å². The molecule has 202 valence electrons. The number of carbonyl (C=O) groups is 1. The van der Waals surface area contributed by atoms with Crippen LogP contribution < -0.4 is 24.7 Å². The van der Waals surface area contributed by atoms with Crippen LogP contribution in [0.2, 0.25) is 10.0 Å². The number of nitrogens with zero attached hydrogens (tertiary/aromatic N) is 1. The summed E-state index contributed by atoms with van der Waals surface area (Å²) in [5.41, 5.74) is 8.04. The van der Waals surface area contributed by atoms with Crippen molar-refractivity contribution in [3.63, 3.8) is 0 Å². The number of ether oxygens (including phenoxy) is 4. The normalized spacial score (nSPS) is 14.2. The van der Waals surface area contributed by atoms with Crippen molar-refractivity contribution in [3.05, 3.63) is 92.8 Å². The van der Waals surface area contributed by atoms with E-state index in [1.807, 2.05) is 18.2 Å². The molecule has 2 N–H and O–H groups in total. The molecule has 0 radical (unpaired) electrons. The van der Waals surface area contributed by atoms with Crippen LogP contribution in [0, 0.1) is 11.3 Å². The van der Waals surface area contributed by atoms with Gasteiger partial charge in [-0.1, -0.05) is 61.5 Å². The highest BCUT2D eigenvalue weighted by molar-refractivity contribution is 6.36. The molecule has 0 saturated carbocycles. The van der Waals surface area contributed by atoms with Crippen LogP contribution in [0.3, 0.4) is 0 Å². The van der Waals surface area contributed by atoms with Crippen molar-refractivity contribution in [2.75, 3.05) is 13.7 Å². The van der Waals surface area contributed by atoms with Crippen molar-refractivity contribution in [1.29, 1.82) is 5.26 Å². The molecule has 1 heterocycles. The van der Waals surface area contributed by atoms with E-state index < -0.39 is 11.9 Å². The van der Waals surface area contributed by atoms with Crippen LogP contribution in [0.1, 0.15) is 60.0 Å². The zero-order valence-electron chi connectivity index (χ0n) is 21.6. The number of methoxy groups -OCH3 is 1. The zero-order valence-corrected chi connectivity index (χ0v) is 23.1.